The molecule has 104 valence electrons. The lowest BCUT2D eigenvalue weighted by atomic mass is 10.0. The summed E-state index contributed by atoms with van der Waals surface area (Å²) < 4.78 is 5.18. The van der Waals surface area contributed by atoms with E-state index in [1.165, 1.54) is 0 Å². The Labute approximate surface area is 117 Å². The number of rotatable bonds is 7. The van der Waals surface area contributed by atoms with E-state index in [9.17, 15) is 4.79 Å². The fraction of sp³-hybridized carbons (Fsp3) is 0.571. The maximum Gasteiger partial charge on any atom is 0.224 e. The molecule has 0 saturated heterocycles. The van der Waals surface area contributed by atoms with Crippen molar-refractivity contribution in [3.8, 4) is 12.3 Å². The summed E-state index contributed by atoms with van der Waals surface area (Å²) in [6.45, 7) is 0. The van der Waals surface area contributed by atoms with E-state index in [1.54, 1.807) is 6.20 Å². The lowest BCUT2D eigenvalue weighted by Gasteiger charge is -2.08. The van der Waals surface area contributed by atoms with Crippen LogP contribution < -0.4 is 5.32 Å². The van der Waals surface area contributed by atoms with Gasteiger partial charge in [-0.2, -0.15) is 10.2 Å². The zero-order valence-corrected chi connectivity index (χ0v) is 11.1. The Morgan fingerprint density at radius 2 is 2.30 bits per heavy atom. The van der Waals surface area contributed by atoms with Gasteiger partial charge in [0.25, 0.3) is 0 Å². The van der Waals surface area contributed by atoms with Gasteiger partial charge in [0.1, 0.15) is 5.69 Å². The van der Waals surface area contributed by atoms with Crippen LogP contribution in [0.1, 0.15) is 50.2 Å². The molecule has 3 rings (SSSR count). The van der Waals surface area contributed by atoms with Gasteiger partial charge in [0, 0.05) is 31.6 Å². The smallest absolute Gasteiger partial charge is 0.224 e. The molecule has 6 heteroatoms. The normalized spacial score (nSPS) is 18.6. The van der Waals surface area contributed by atoms with Crippen LogP contribution in [-0.4, -0.2) is 16.7 Å². The number of hydrogen-bond donors (Lipinski definition) is 1. The first-order valence-electron chi connectivity index (χ1n) is 6.84. The Kier molecular flexibility index (Phi) is 3.26. The minimum atomic E-state index is -0.405. The average molecular weight is 272 g/mol. The van der Waals surface area contributed by atoms with E-state index in [1.807, 2.05) is 0 Å². The van der Waals surface area contributed by atoms with Crippen molar-refractivity contribution in [2.75, 3.05) is 5.32 Å². The number of carbonyl (C=O) groups excluding carboxylic acids is 1. The molecule has 0 unspecified atom stereocenters. The van der Waals surface area contributed by atoms with Crippen molar-refractivity contribution in [3.63, 3.8) is 0 Å². The van der Waals surface area contributed by atoms with E-state index in [0.29, 0.717) is 30.9 Å². The summed E-state index contributed by atoms with van der Waals surface area (Å²) in [5.41, 5.74) is 0.289. The van der Waals surface area contributed by atoms with E-state index in [0.717, 1.165) is 25.0 Å². The summed E-state index contributed by atoms with van der Waals surface area (Å²) in [7, 11) is 0. The van der Waals surface area contributed by atoms with Gasteiger partial charge in [-0.05, 0) is 12.8 Å². The van der Waals surface area contributed by atoms with Gasteiger partial charge in [0.2, 0.25) is 5.91 Å². The summed E-state index contributed by atoms with van der Waals surface area (Å²) in [5, 5.41) is 14.6. The largest absolute Gasteiger partial charge is 0.359 e. The minimum absolute atomic E-state index is 0.0625. The van der Waals surface area contributed by atoms with Crippen LogP contribution in [0.4, 0.5) is 5.69 Å². The zero-order valence-electron chi connectivity index (χ0n) is 11.1. The molecule has 20 heavy (non-hydrogen) atoms. The number of carbonyl (C=O) groups is 1. The number of terminal acetylenes is 1. The third-order valence-electron chi connectivity index (χ3n) is 3.63. The first-order valence-corrected chi connectivity index (χ1v) is 6.84. The van der Waals surface area contributed by atoms with Gasteiger partial charge < -0.3 is 9.84 Å². The summed E-state index contributed by atoms with van der Waals surface area (Å²) in [4.78, 5) is 11.9. The number of amides is 1. The monoisotopic (exact) mass is 272 g/mol. The molecule has 2 aliphatic rings. The first kappa shape index (κ1) is 12.9. The van der Waals surface area contributed by atoms with Crippen LogP contribution in [0, 0.1) is 12.3 Å². The molecule has 0 spiro atoms. The molecule has 0 aromatic carbocycles. The quantitative estimate of drug-likeness (QED) is 0.775. The summed E-state index contributed by atoms with van der Waals surface area (Å²) >= 11 is 0. The summed E-state index contributed by atoms with van der Waals surface area (Å²) in [5.74, 6) is 3.72. The van der Waals surface area contributed by atoms with Crippen LogP contribution in [0.25, 0.3) is 0 Å². The van der Waals surface area contributed by atoms with Crippen molar-refractivity contribution in [1.82, 2.24) is 5.16 Å². The van der Waals surface area contributed by atoms with Crippen LogP contribution in [0.3, 0.4) is 0 Å². The topological polar surface area (TPSA) is 79.9 Å². The number of aromatic nitrogens is 1. The van der Waals surface area contributed by atoms with Gasteiger partial charge in [-0.1, -0.05) is 5.16 Å². The van der Waals surface area contributed by atoms with Crippen LogP contribution >= 0.6 is 0 Å². The second-order valence-corrected chi connectivity index (χ2v) is 5.31. The van der Waals surface area contributed by atoms with Crippen LogP contribution in [0.5, 0.6) is 0 Å². The Morgan fingerprint density at radius 3 is 2.95 bits per heavy atom. The molecular formula is C14H16N4O2. The van der Waals surface area contributed by atoms with Crippen LogP contribution in [-0.2, 0) is 4.79 Å². The maximum atomic E-state index is 11.9. The maximum absolute atomic E-state index is 11.9. The van der Waals surface area contributed by atoms with Crippen LogP contribution in [0.2, 0.25) is 0 Å². The number of nitrogens with zero attached hydrogens (tertiary/aromatic N) is 3. The van der Waals surface area contributed by atoms with Crippen LogP contribution in [0.15, 0.2) is 20.9 Å². The Balaban J connectivity index is 1.48. The van der Waals surface area contributed by atoms with Gasteiger partial charge in [0.15, 0.2) is 11.4 Å². The number of hydrogen-bond acceptors (Lipinski definition) is 5. The van der Waals surface area contributed by atoms with Crippen molar-refractivity contribution in [1.29, 1.82) is 0 Å². The SMILES string of the molecule is C#CCCC1(CCC(=O)Nc2cnoc2C2CC2)N=N1. The molecule has 1 aromatic rings. The molecule has 1 aliphatic carbocycles. The van der Waals surface area contributed by atoms with E-state index < -0.39 is 5.66 Å². The van der Waals surface area contributed by atoms with Crippen molar-refractivity contribution >= 4 is 11.6 Å². The van der Waals surface area contributed by atoms with Crippen molar-refractivity contribution < 1.29 is 9.32 Å². The van der Waals surface area contributed by atoms with Gasteiger partial charge in [-0.3, -0.25) is 4.79 Å². The fourth-order valence-electron chi connectivity index (χ4n) is 2.18. The van der Waals surface area contributed by atoms with Gasteiger partial charge in [-0.15, -0.1) is 12.3 Å². The molecule has 2 heterocycles. The first-order chi connectivity index (χ1) is 9.72. The van der Waals surface area contributed by atoms with E-state index in [-0.39, 0.29) is 5.91 Å². The molecule has 0 bridgehead atoms. The van der Waals surface area contributed by atoms with E-state index in [2.05, 4.69) is 26.6 Å². The molecular weight excluding hydrogens is 256 g/mol. The third kappa shape index (κ3) is 2.87. The minimum Gasteiger partial charge on any atom is -0.359 e. The molecule has 6 nitrogen and oxygen atoms in total. The zero-order chi connectivity index (χ0) is 14.0. The predicted octanol–water partition coefficient (Wildman–Crippen LogP) is 2.85. The lowest BCUT2D eigenvalue weighted by Crippen LogP contribution is -2.17. The molecule has 0 radical (unpaired) electrons. The molecule has 0 atom stereocenters. The number of nitrogens with one attached hydrogen (secondary N) is 1. The molecule has 1 N–H and O–H groups in total. The molecule has 1 saturated carbocycles. The second kappa shape index (κ2) is 5.08. The molecule has 1 fully saturated rings. The van der Waals surface area contributed by atoms with Gasteiger partial charge in [-0.25, -0.2) is 0 Å². The predicted molar refractivity (Wildman–Crippen MR) is 72.0 cm³/mol. The highest BCUT2D eigenvalue weighted by molar-refractivity contribution is 5.91. The van der Waals surface area contributed by atoms with Gasteiger partial charge in [0.05, 0.1) is 6.20 Å². The Hall–Kier alpha value is -2.16. The second-order valence-electron chi connectivity index (χ2n) is 5.31. The standard InChI is InChI=1S/C14H16N4O2/c1-2-3-7-14(17-18-14)8-6-12(19)16-11-9-15-20-13(11)10-4-5-10/h1,9-10H,3-8H2,(H,16,19). The lowest BCUT2D eigenvalue weighted by molar-refractivity contribution is -0.116. The summed E-state index contributed by atoms with van der Waals surface area (Å²) in [6.07, 6.45) is 11.3. The molecule has 1 amide bonds. The van der Waals surface area contributed by atoms with E-state index in [4.69, 9.17) is 10.9 Å². The molecule has 1 aliphatic heterocycles. The third-order valence-corrected chi connectivity index (χ3v) is 3.63. The highest BCUT2D eigenvalue weighted by atomic mass is 16.5. The summed E-state index contributed by atoms with van der Waals surface area (Å²) in [6, 6.07) is 0. The Bertz CT molecular complexity index is 574. The van der Waals surface area contributed by atoms with Crippen molar-refractivity contribution in [2.45, 2.75) is 50.1 Å². The van der Waals surface area contributed by atoms with E-state index >= 15 is 0 Å². The Morgan fingerprint density at radius 1 is 1.50 bits per heavy atom. The average Bonchev–Trinajstić information content (AvgIpc) is 3.37. The van der Waals surface area contributed by atoms with Crippen molar-refractivity contribution in [3.05, 3.63) is 12.0 Å². The van der Waals surface area contributed by atoms with Gasteiger partial charge >= 0.3 is 0 Å². The molecule has 1 aromatic heterocycles. The highest BCUT2D eigenvalue weighted by Crippen LogP contribution is 2.43. The fourth-order valence-corrected chi connectivity index (χ4v) is 2.18. The number of anilines is 1. The van der Waals surface area contributed by atoms with Crippen molar-refractivity contribution in [2.24, 2.45) is 10.2 Å². The highest BCUT2D eigenvalue weighted by Gasteiger charge is 2.39.